The van der Waals surface area contributed by atoms with Crippen LogP contribution in [0.25, 0.3) is 32.2 Å². The first-order valence-corrected chi connectivity index (χ1v) is 10.5. The summed E-state index contributed by atoms with van der Waals surface area (Å²) in [5.74, 6) is 0.226. The van der Waals surface area contributed by atoms with Crippen LogP contribution in [0, 0.1) is 12.7 Å². The summed E-state index contributed by atoms with van der Waals surface area (Å²) in [5, 5.41) is 8.34. The van der Waals surface area contributed by atoms with Crippen LogP contribution in [0.5, 0.6) is 5.75 Å². The zero-order chi connectivity index (χ0) is 21.0. The first-order valence-electron chi connectivity index (χ1n) is 9.71. The van der Waals surface area contributed by atoms with Gasteiger partial charge in [0.1, 0.15) is 16.4 Å². The molecule has 0 unspecified atom stereocenters. The number of hydrogen-bond acceptors (Lipinski definition) is 5. The Morgan fingerprint density at radius 3 is 2.87 bits per heavy atom. The maximum Gasteiger partial charge on any atom is 0.263 e. The number of carbonyl (C=O) groups excluding carboxylic acids is 1. The molecule has 0 saturated heterocycles. The van der Waals surface area contributed by atoms with Crippen molar-refractivity contribution >= 4 is 43.9 Å². The van der Waals surface area contributed by atoms with Crippen LogP contribution in [0.1, 0.15) is 22.2 Å². The van der Waals surface area contributed by atoms with E-state index in [-0.39, 0.29) is 17.8 Å². The van der Waals surface area contributed by atoms with Crippen LogP contribution >= 0.6 is 11.3 Å². The fraction of sp³-hybridized carbons (Fsp3) is 0.217. The van der Waals surface area contributed by atoms with Gasteiger partial charge in [-0.15, -0.1) is 11.3 Å². The van der Waals surface area contributed by atoms with E-state index in [9.17, 15) is 9.18 Å². The highest BCUT2D eigenvalue weighted by molar-refractivity contribution is 7.21. The van der Waals surface area contributed by atoms with Crippen molar-refractivity contribution in [1.29, 1.82) is 0 Å². The number of rotatable bonds is 2. The van der Waals surface area contributed by atoms with Gasteiger partial charge in [-0.1, -0.05) is 0 Å². The summed E-state index contributed by atoms with van der Waals surface area (Å²) < 4.78 is 21.0. The van der Waals surface area contributed by atoms with Crippen molar-refractivity contribution in [2.45, 2.75) is 19.9 Å². The third-order valence-electron chi connectivity index (χ3n) is 5.45. The summed E-state index contributed by atoms with van der Waals surface area (Å²) in [7, 11) is 1.57. The largest absolute Gasteiger partial charge is 0.496 e. The van der Waals surface area contributed by atoms with Crippen LogP contribution in [-0.2, 0) is 0 Å². The molecule has 2 aromatic heterocycles. The Balaban J connectivity index is 1.71. The molecule has 0 saturated carbocycles. The van der Waals surface area contributed by atoms with Gasteiger partial charge in [-0.25, -0.2) is 9.37 Å². The van der Waals surface area contributed by atoms with E-state index >= 15 is 0 Å². The molecule has 3 heterocycles. The standard InChI is InChI=1S/C23H20FN3O2S/c1-11-8-15(24)14(9-18(11)29-3)17-5-4-13-16(27-17)6-7-19-20(13)21-22(30-19)23(28)26-12(2)10-25-21/h4-9,12,25H,10H2,1-3H3,(H,26,28)/t12-/m1/s1. The predicted molar refractivity (Wildman–Crippen MR) is 119 cm³/mol. The number of nitrogens with zero attached hydrogens (tertiary/aromatic N) is 1. The lowest BCUT2D eigenvalue weighted by Crippen LogP contribution is -2.34. The first-order chi connectivity index (χ1) is 14.5. The molecule has 4 aromatic rings. The number of anilines is 1. The molecule has 0 fully saturated rings. The van der Waals surface area contributed by atoms with Gasteiger partial charge in [0.05, 0.1) is 24.0 Å². The van der Waals surface area contributed by atoms with Gasteiger partial charge < -0.3 is 15.4 Å². The zero-order valence-electron chi connectivity index (χ0n) is 16.8. The molecule has 1 aliphatic rings. The molecular formula is C23H20FN3O2S. The Bertz CT molecular complexity index is 1330. The van der Waals surface area contributed by atoms with Crippen molar-refractivity contribution in [1.82, 2.24) is 10.3 Å². The van der Waals surface area contributed by atoms with E-state index in [4.69, 9.17) is 9.72 Å². The molecule has 0 radical (unpaired) electrons. The number of ether oxygens (including phenoxy) is 1. The number of carbonyl (C=O) groups is 1. The lowest BCUT2D eigenvalue weighted by atomic mass is 10.0. The molecular weight excluding hydrogens is 401 g/mol. The fourth-order valence-corrected chi connectivity index (χ4v) is 5.04. The smallest absolute Gasteiger partial charge is 0.263 e. The van der Waals surface area contributed by atoms with Gasteiger partial charge >= 0.3 is 0 Å². The van der Waals surface area contributed by atoms with Crippen molar-refractivity contribution < 1.29 is 13.9 Å². The second kappa shape index (κ2) is 6.95. The normalized spacial score (nSPS) is 16.1. The predicted octanol–water partition coefficient (Wildman–Crippen LogP) is 5.12. The number of halogens is 1. The summed E-state index contributed by atoms with van der Waals surface area (Å²) in [4.78, 5) is 18.0. The quantitative estimate of drug-likeness (QED) is 0.472. The summed E-state index contributed by atoms with van der Waals surface area (Å²) in [6.45, 7) is 4.43. The van der Waals surface area contributed by atoms with E-state index in [0.717, 1.165) is 32.2 Å². The van der Waals surface area contributed by atoms with Crippen molar-refractivity contribution in [3.8, 4) is 17.0 Å². The average molecular weight is 421 g/mol. The van der Waals surface area contributed by atoms with E-state index in [1.807, 2.05) is 38.1 Å². The second-order valence-corrected chi connectivity index (χ2v) is 8.62. The second-order valence-electron chi connectivity index (χ2n) is 7.57. The van der Waals surface area contributed by atoms with Gasteiger partial charge in [-0.3, -0.25) is 4.79 Å². The van der Waals surface area contributed by atoms with Gasteiger partial charge in [0.15, 0.2) is 0 Å². The minimum Gasteiger partial charge on any atom is -0.496 e. The third-order valence-corrected chi connectivity index (χ3v) is 6.61. The summed E-state index contributed by atoms with van der Waals surface area (Å²) in [6, 6.07) is 10.9. The molecule has 0 spiro atoms. The maximum atomic E-state index is 14.7. The number of amides is 1. The van der Waals surface area contributed by atoms with Crippen molar-refractivity contribution in [2.75, 3.05) is 19.0 Å². The molecule has 1 atom stereocenters. The lowest BCUT2D eigenvalue weighted by molar-refractivity contribution is 0.0949. The van der Waals surface area contributed by atoms with E-state index in [1.54, 1.807) is 13.2 Å². The van der Waals surface area contributed by atoms with Crippen molar-refractivity contribution in [3.05, 3.63) is 52.7 Å². The van der Waals surface area contributed by atoms with Crippen LogP contribution in [0.2, 0.25) is 0 Å². The Morgan fingerprint density at radius 1 is 1.23 bits per heavy atom. The number of benzene rings is 2. The first kappa shape index (κ1) is 18.8. The minimum atomic E-state index is -0.335. The Morgan fingerprint density at radius 2 is 2.07 bits per heavy atom. The van der Waals surface area contributed by atoms with Crippen LogP contribution in [0.4, 0.5) is 10.1 Å². The highest BCUT2D eigenvalue weighted by Gasteiger charge is 2.25. The molecule has 152 valence electrons. The summed E-state index contributed by atoms with van der Waals surface area (Å²) in [6.07, 6.45) is 0. The highest BCUT2D eigenvalue weighted by atomic mass is 32.1. The van der Waals surface area contributed by atoms with Crippen LogP contribution < -0.4 is 15.4 Å². The number of aryl methyl sites for hydroxylation is 1. The van der Waals surface area contributed by atoms with Crippen LogP contribution in [-0.4, -0.2) is 30.6 Å². The lowest BCUT2D eigenvalue weighted by Gasteiger charge is -2.11. The number of pyridine rings is 1. The van der Waals surface area contributed by atoms with Gasteiger partial charge in [0.25, 0.3) is 5.91 Å². The number of fused-ring (bicyclic) bond motifs is 5. The van der Waals surface area contributed by atoms with Crippen LogP contribution in [0.15, 0.2) is 36.4 Å². The molecule has 7 heteroatoms. The number of aromatic nitrogens is 1. The molecule has 2 N–H and O–H groups in total. The Kier molecular flexibility index (Phi) is 4.36. The highest BCUT2D eigenvalue weighted by Crippen LogP contribution is 2.41. The Labute approximate surface area is 176 Å². The molecule has 2 aromatic carbocycles. The molecule has 1 aliphatic heterocycles. The van der Waals surface area contributed by atoms with E-state index in [2.05, 4.69) is 10.6 Å². The van der Waals surface area contributed by atoms with Crippen LogP contribution in [0.3, 0.4) is 0 Å². The summed E-state index contributed by atoms with van der Waals surface area (Å²) in [5.41, 5.74) is 3.27. The molecule has 1 amide bonds. The van der Waals surface area contributed by atoms with E-state index in [1.165, 1.54) is 17.4 Å². The minimum absolute atomic E-state index is 0.0475. The van der Waals surface area contributed by atoms with Crippen molar-refractivity contribution in [2.24, 2.45) is 0 Å². The number of hydrogen-bond donors (Lipinski definition) is 2. The van der Waals surface area contributed by atoms with Gasteiger partial charge in [0, 0.05) is 33.6 Å². The molecule has 5 nitrogen and oxygen atoms in total. The summed E-state index contributed by atoms with van der Waals surface area (Å²) >= 11 is 1.47. The molecule has 30 heavy (non-hydrogen) atoms. The SMILES string of the molecule is COc1cc(-c2ccc3c(ccc4sc5c(c43)NC[C@@H](C)NC5=O)n2)c(F)cc1C. The van der Waals surface area contributed by atoms with Gasteiger partial charge in [0.2, 0.25) is 0 Å². The van der Waals surface area contributed by atoms with Gasteiger partial charge in [-0.2, -0.15) is 0 Å². The van der Waals surface area contributed by atoms with E-state index in [0.29, 0.717) is 28.4 Å². The monoisotopic (exact) mass is 421 g/mol. The molecule has 0 bridgehead atoms. The maximum absolute atomic E-state index is 14.7. The van der Waals surface area contributed by atoms with E-state index < -0.39 is 0 Å². The van der Waals surface area contributed by atoms with Crippen molar-refractivity contribution in [3.63, 3.8) is 0 Å². The number of thiophene rings is 1. The average Bonchev–Trinajstić information content (AvgIpc) is 3.04. The molecule has 0 aliphatic carbocycles. The fourth-order valence-electron chi connectivity index (χ4n) is 3.94. The Hall–Kier alpha value is -3.19. The topological polar surface area (TPSA) is 63.2 Å². The van der Waals surface area contributed by atoms with Gasteiger partial charge in [-0.05, 0) is 55.8 Å². The molecule has 5 rings (SSSR count). The number of nitrogens with one attached hydrogen (secondary N) is 2. The zero-order valence-corrected chi connectivity index (χ0v) is 17.6. The number of methoxy groups -OCH3 is 1. The third kappa shape index (κ3) is 2.89.